The van der Waals surface area contributed by atoms with Crippen LogP contribution in [0.3, 0.4) is 0 Å². The van der Waals surface area contributed by atoms with Gasteiger partial charge < -0.3 is 4.42 Å². The van der Waals surface area contributed by atoms with Crippen LogP contribution in [0.1, 0.15) is 25.0 Å². The molecule has 0 fully saturated rings. The van der Waals surface area contributed by atoms with Crippen molar-refractivity contribution >= 4 is 64.9 Å². The van der Waals surface area contributed by atoms with Gasteiger partial charge in [0, 0.05) is 25.8 Å². The largest absolute Gasteiger partial charge is 0.456 e. The second-order valence-electron chi connectivity index (χ2n) is 16.0. The summed E-state index contributed by atoms with van der Waals surface area (Å²) in [6, 6.07) is 67.1. The molecular formula is C55H36OS. The molecule has 0 bridgehead atoms. The molecule has 2 aromatic heterocycles. The minimum absolute atomic E-state index is 0.0796. The highest BCUT2D eigenvalue weighted by atomic mass is 32.1. The molecule has 0 unspecified atom stereocenters. The van der Waals surface area contributed by atoms with Gasteiger partial charge in [0.1, 0.15) is 11.2 Å². The van der Waals surface area contributed by atoms with Crippen LogP contribution in [0.15, 0.2) is 186 Å². The summed E-state index contributed by atoms with van der Waals surface area (Å²) < 4.78 is 7.89. The van der Waals surface area contributed by atoms with Gasteiger partial charge in [-0.1, -0.05) is 153 Å². The van der Waals surface area contributed by atoms with Crippen LogP contribution in [0, 0.1) is 0 Å². The predicted molar refractivity (Wildman–Crippen MR) is 243 cm³/mol. The van der Waals surface area contributed by atoms with Crippen molar-refractivity contribution in [2.24, 2.45) is 0 Å². The number of furan rings is 1. The van der Waals surface area contributed by atoms with Crippen LogP contribution >= 0.6 is 11.3 Å². The second kappa shape index (κ2) is 12.1. The highest BCUT2D eigenvalue weighted by molar-refractivity contribution is 7.22. The molecule has 12 rings (SSSR count). The lowest BCUT2D eigenvalue weighted by Crippen LogP contribution is -2.14. The van der Waals surface area contributed by atoms with Crippen molar-refractivity contribution in [2.45, 2.75) is 19.3 Å². The molecular weight excluding hydrogens is 709 g/mol. The summed E-state index contributed by atoms with van der Waals surface area (Å²) in [5.41, 5.74) is 15.8. The summed E-state index contributed by atoms with van der Waals surface area (Å²) in [6.45, 7) is 4.69. The van der Waals surface area contributed by atoms with E-state index in [1.807, 2.05) is 11.3 Å². The topological polar surface area (TPSA) is 13.1 Å². The van der Waals surface area contributed by atoms with Crippen molar-refractivity contribution in [3.63, 3.8) is 0 Å². The molecule has 1 aliphatic rings. The smallest absolute Gasteiger partial charge is 0.136 e. The van der Waals surface area contributed by atoms with E-state index in [-0.39, 0.29) is 5.41 Å². The summed E-state index contributed by atoms with van der Waals surface area (Å²) in [6.07, 6.45) is 0. The minimum Gasteiger partial charge on any atom is -0.456 e. The highest BCUT2D eigenvalue weighted by Crippen LogP contribution is 2.52. The van der Waals surface area contributed by atoms with Crippen molar-refractivity contribution in [3.8, 4) is 54.9 Å². The quantitative estimate of drug-likeness (QED) is 0.164. The number of thiophene rings is 1. The first-order chi connectivity index (χ1) is 28.0. The van der Waals surface area contributed by atoms with Gasteiger partial charge in [-0.15, -0.1) is 11.3 Å². The fourth-order valence-corrected chi connectivity index (χ4v) is 10.9. The summed E-state index contributed by atoms with van der Waals surface area (Å²) in [4.78, 5) is 1.28. The third kappa shape index (κ3) is 4.81. The lowest BCUT2D eigenvalue weighted by molar-refractivity contribution is 0.658. The molecule has 0 atom stereocenters. The second-order valence-corrected chi connectivity index (χ2v) is 17.1. The maximum atomic E-state index is 6.60. The predicted octanol–water partition coefficient (Wildman–Crippen LogP) is 16.1. The lowest BCUT2D eigenvalue weighted by Gasteiger charge is -2.21. The summed E-state index contributed by atoms with van der Waals surface area (Å²) in [5.74, 6) is 0. The van der Waals surface area contributed by atoms with Crippen LogP contribution in [-0.2, 0) is 5.41 Å². The van der Waals surface area contributed by atoms with E-state index in [1.165, 1.54) is 103 Å². The average molecular weight is 745 g/mol. The molecule has 2 heteroatoms. The van der Waals surface area contributed by atoms with Gasteiger partial charge in [-0.2, -0.15) is 0 Å². The number of fused-ring (bicyclic) bond motifs is 9. The van der Waals surface area contributed by atoms with E-state index < -0.39 is 0 Å². The monoisotopic (exact) mass is 744 g/mol. The van der Waals surface area contributed by atoms with E-state index in [2.05, 4.69) is 196 Å². The molecule has 0 radical (unpaired) electrons. The minimum atomic E-state index is -0.0796. The van der Waals surface area contributed by atoms with E-state index in [9.17, 15) is 0 Å². The van der Waals surface area contributed by atoms with Gasteiger partial charge in [0.2, 0.25) is 0 Å². The van der Waals surface area contributed by atoms with E-state index >= 15 is 0 Å². The molecule has 0 N–H and O–H groups in total. The van der Waals surface area contributed by atoms with E-state index in [1.54, 1.807) is 0 Å². The zero-order chi connectivity index (χ0) is 37.8. The Kier molecular flexibility index (Phi) is 6.91. The van der Waals surface area contributed by atoms with Crippen molar-refractivity contribution in [1.29, 1.82) is 0 Å². The van der Waals surface area contributed by atoms with Gasteiger partial charge in [-0.05, 0) is 131 Å². The normalized spacial score (nSPS) is 13.2. The third-order valence-corrected chi connectivity index (χ3v) is 13.6. The number of benzene rings is 9. The summed E-state index contributed by atoms with van der Waals surface area (Å²) in [7, 11) is 0. The van der Waals surface area contributed by atoms with E-state index in [4.69, 9.17) is 4.42 Å². The molecule has 0 saturated heterocycles. The van der Waals surface area contributed by atoms with Crippen molar-refractivity contribution in [1.82, 2.24) is 0 Å². The van der Waals surface area contributed by atoms with Crippen LogP contribution in [0.2, 0.25) is 0 Å². The molecule has 9 aromatic carbocycles. The van der Waals surface area contributed by atoms with Crippen LogP contribution in [0.4, 0.5) is 0 Å². The molecule has 0 spiro atoms. The third-order valence-electron chi connectivity index (χ3n) is 12.5. The zero-order valence-corrected chi connectivity index (χ0v) is 32.5. The molecule has 0 aliphatic heterocycles. The fraction of sp³-hybridized carbons (Fsp3) is 0.0545. The molecule has 0 saturated carbocycles. The van der Waals surface area contributed by atoms with Gasteiger partial charge in [0.15, 0.2) is 0 Å². The first-order valence-electron chi connectivity index (χ1n) is 19.7. The Balaban J connectivity index is 1.03. The molecule has 268 valence electrons. The van der Waals surface area contributed by atoms with Crippen LogP contribution < -0.4 is 0 Å². The fourth-order valence-electron chi connectivity index (χ4n) is 9.78. The van der Waals surface area contributed by atoms with E-state index in [0.29, 0.717) is 0 Å². The first-order valence-corrected chi connectivity index (χ1v) is 20.6. The van der Waals surface area contributed by atoms with Crippen molar-refractivity contribution in [2.75, 3.05) is 0 Å². The highest BCUT2D eigenvalue weighted by Gasteiger charge is 2.36. The Morgan fingerprint density at radius 2 is 0.965 bits per heavy atom. The Morgan fingerprint density at radius 1 is 0.386 bits per heavy atom. The van der Waals surface area contributed by atoms with Gasteiger partial charge in [-0.3, -0.25) is 0 Å². The number of hydrogen-bond donors (Lipinski definition) is 0. The Bertz CT molecular complexity index is 3380. The molecule has 0 amide bonds. The lowest BCUT2D eigenvalue weighted by atomic mass is 9.82. The molecule has 1 aliphatic carbocycles. The van der Waals surface area contributed by atoms with Crippen LogP contribution in [0.25, 0.3) is 109 Å². The van der Waals surface area contributed by atoms with Gasteiger partial charge in [-0.25, -0.2) is 0 Å². The molecule has 11 aromatic rings. The molecule has 1 nitrogen and oxygen atoms in total. The molecule has 2 heterocycles. The standard InChI is InChI=1S/C55H36OS/c1-55(2)47-23-13-12-17-38(47)44-32-50-46(31-48(44)55)45-29-35(24-26-49(45)56-50)54-42-21-10-8-19-40(42)53(41-20-9-11-22-43(41)54)34-25-27-51-36(28-34)30-52(57-51)39-18-7-6-16-37(39)33-14-4-3-5-15-33/h3-32H,1-2H3. The van der Waals surface area contributed by atoms with Crippen molar-refractivity contribution < 1.29 is 4.42 Å². The van der Waals surface area contributed by atoms with Gasteiger partial charge >= 0.3 is 0 Å². The maximum absolute atomic E-state index is 6.60. The van der Waals surface area contributed by atoms with Gasteiger partial charge in [0.05, 0.1) is 0 Å². The molecule has 57 heavy (non-hydrogen) atoms. The van der Waals surface area contributed by atoms with Crippen LogP contribution in [0.5, 0.6) is 0 Å². The summed E-state index contributed by atoms with van der Waals surface area (Å²) in [5, 5.41) is 8.60. The van der Waals surface area contributed by atoms with Crippen molar-refractivity contribution in [3.05, 3.63) is 193 Å². The Hall–Kier alpha value is -6.74. The Morgan fingerprint density at radius 3 is 1.68 bits per heavy atom. The van der Waals surface area contributed by atoms with Crippen LogP contribution in [-0.4, -0.2) is 0 Å². The zero-order valence-electron chi connectivity index (χ0n) is 31.6. The number of rotatable bonds is 4. The van der Waals surface area contributed by atoms with Gasteiger partial charge in [0.25, 0.3) is 0 Å². The first kappa shape index (κ1) is 32.5. The summed E-state index contributed by atoms with van der Waals surface area (Å²) >= 11 is 1.87. The number of hydrogen-bond acceptors (Lipinski definition) is 2. The maximum Gasteiger partial charge on any atom is 0.136 e. The van der Waals surface area contributed by atoms with E-state index in [0.717, 1.165) is 16.6 Å². The SMILES string of the molecule is CC1(C)c2ccccc2-c2cc3oc4ccc(-c5c6ccccc6c(-c6ccc7sc(-c8ccccc8-c8ccccc8)cc7c6)c6ccccc56)cc4c3cc21. The average Bonchev–Trinajstić information content (AvgIpc) is 3.92. The Labute approximate surface area is 335 Å².